The van der Waals surface area contributed by atoms with Crippen LogP contribution in [0.3, 0.4) is 0 Å². The number of nitrogens with zero attached hydrogens (tertiary/aromatic N) is 4. The Labute approximate surface area is 196 Å². The lowest BCUT2D eigenvalue weighted by atomic mass is 10.1. The maximum Gasteiger partial charge on any atom is 0.269 e. The average molecular weight is 460 g/mol. The van der Waals surface area contributed by atoms with Gasteiger partial charge in [0.05, 0.1) is 11.0 Å². The van der Waals surface area contributed by atoms with E-state index in [2.05, 4.69) is 39.0 Å². The van der Waals surface area contributed by atoms with Crippen molar-refractivity contribution in [2.75, 3.05) is 0 Å². The van der Waals surface area contributed by atoms with E-state index in [1.54, 1.807) is 12.1 Å². The molecule has 0 aliphatic rings. The average Bonchev–Trinajstić information content (AvgIpc) is 3.26. The molecular weight excluding hydrogens is 434 g/mol. The van der Waals surface area contributed by atoms with Crippen LogP contribution in [0.2, 0.25) is 0 Å². The first kappa shape index (κ1) is 22.7. The largest absolute Gasteiger partial charge is 0.321 e. The maximum atomic E-state index is 11.1. The van der Waals surface area contributed by atoms with E-state index >= 15 is 0 Å². The second-order valence-corrected chi connectivity index (χ2v) is 8.68. The number of hydrogen-bond donors (Lipinski definition) is 1. The minimum absolute atomic E-state index is 0.0872. The molecule has 2 N–H and O–H groups in total. The van der Waals surface area contributed by atoms with Gasteiger partial charge in [-0.25, -0.2) is 0 Å². The highest BCUT2D eigenvalue weighted by molar-refractivity contribution is 7.98. The number of rotatable bonds is 10. The molecule has 0 fully saturated rings. The second kappa shape index (κ2) is 10.9. The normalized spacial score (nSPS) is 11.9. The molecule has 33 heavy (non-hydrogen) atoms. The van der Waals surface area contributed by atoms with Gasteiger partial charge in [-0.2, -0.15) is 0 Å². The molecule has 0 saturated carbocycles. The summed E-state index contributed by atoms with van der Waals surface area (Å²) in [6.45, 7) is 0.701. The summed E-state index contributed by atoms with van der Waals surface area (Å²) < 4.78 is 2.09. The van der Waals surface area contributed by atoms with Crippen LogP contribution in [-0.2, 0) is 25.1 Å². The molecule has 8 heteroatoms. The quantitative estimate of drug-likeness (QED) is 0.204. The molecule has 1 atom stereocenters. The number of nitrogens with two attached hydrogens (primary N) is 1. The molecule has 1 aromatic heterocycles. The molecule has 0 aliphatic heterocycles. The van der Waals surface area contributed by atoms with Gasteiger partial charge in [0.1, 0.15) is 0 Å². The lowest BCUT2D eigenvalue weighted by molar-refractivity contribution is -0.384. The number of thioether (sulfide) groups is 1. The Morgan fingerprint density at radius 2 is 1.58 bits per heavy atom. The maximum absolute atomic E-state index is 11.1. The lowest BCUT2D eigenvalue weighted by Gasteiger charge is -2.15. The Hall–Kier alpha value is -3.49. The van der Waals surface area contributed by atoms with Gasteiger partial charge in [-0.05, 0) is 29.5 Å². The molecule has 168 valence electrons. The molecule has 0 saturated heterocycles. The van der Waals surface area contributed by atoms with E-state index in [1.165, 1.54) is 23.4 Å². The van der Waals surface area contributed by atoms with E-state index in [0.717, 1.165) is 28.5 Å². The van der Waals surface area contributed by atoms with Gasteiger partial charge in [0.15, 0.2) is 11.0 Å². The van der Waals surface area contributed by atoms with E-state index in [4.69, 9.17) is 5.73 Å². The Bertz CT molecular complexity index is 1200. The molecule has 1 heterocycles. The van der Waals surface area contributed by atoms with E-state index < -0.39 is 0 Å². The number of nitro benzene ring substituents is 1. The Balaban J connectivity index is 1.54. The third-order valence-electron chi connectivity index (χ3n) is 5.33. The van der Waals surface area contributed by atoms with Crippen molar-refractivity contribution in [2.24, 2.45) is 5.73 Å². The predicted molar refractivity (Wildman–Crippen MR) is 130 cm³/mol. The second-order valence-electron chi connectivity index (χ2n) is 7.74. The molecule has 4 aromatic rings. The summed E-state index contributed by atoms with van der Waals surface area (Å²) in [5, 5.41) is 20.7. The summed E-state index contributed by atoms with van der Waals surface area (Å²) >= 11 is 1.51. The van der Waals surface area contributed by atoms with E-state index in [-0.39, 0.29) is 16.7 Å². The topological polar surface area (TPSA) is 99.9 Å². The lowest BCUT2D eigenvalue weighted by Crippen LogP contribution is -2.20. The van der Waals surface area contributed by atoms with Crippen LogP contribution in [0.5, 0.6) is 0 Å². The fraction of sp³-hybridized carbons (Fsp3) is 0.200. The molecule has 0 radical (unpaired) electrons. The van der Waals surface area contributed by atoms with Crippen molar-refractivity contribution in [2.45, 2.75) is 36.3 Å². The number of aromatic nitrogens is 3. The molecule has 3 aromatic carbocycles. The van der Waals surface area contributed by atoms with E-state index in [1.807, 2.05) is 42.5 Å². The molecule has 0 amide bonds. The van der Waals surface area contributed by atoms with Crippen LogP contribution in [0.25, 0.3) is 0 Å². The smallest absolute Gasteiger partial charge is 0.269 e. The summed E-state index contributed by atoms with van der Waals surface area (Å²) in [5.41, 5.74) is 9.89. The van der Waals surface area contributed by atoms with Crippen molar-refractivity contribution in [3.63, 3.8) is 0 Å². The molecule has 0 unspecified atom stereocenters. The van der Waals surface area contributed by atoms with E-state index in [0.29, 0.717) is 18.7 Å². The van der Waals surface area contributed by atoms with Gasteiger partial charge in [-0.3, -0.25) is 10.1 Å². The van der Waals surface area contributed by atoms with Gasteiger partial charge in [0, 0.05) is 24.4 Å². The highest BCUT2D eigenvalue weighted by Gasteiger charge is 2.19. The minimum atomic E-state index is -0.378. The third-order valence-corrected chi connectivity index (χ3v) is 6.37. The first-order chi connectivity index (χ1) is 16.1. The number of hydrogen-bond acceptors (Lipinski definition) is 6. The molecular formula is C25H25N5O2S. The van der Waals surface area contributed by atoms with Crippen LogP contribution in [0.15, 0.2) is 90.1 Å². The van der Waals surface area contributed by atoms with Gasteiger partial charge < -0.3 is 10.3 Å². The molecule has 7 nitrogen and oxygen atoms in total. The van der Waals surface area contributed by atoms with Gasteiger partial charge in [0.25, 0.3) is 5.69 Å². The van der Waals surface area contributed by atoms with Crippen molar-refractivity contribution in [1.29, 1.82) is 0 Å². The van der Waals surface area contributed by atoms with Crippen LogP contribution in [0.4, 0.5) is 5.69 Å². The predicted octanol–water partition coefficient (Wildman–Crippen LogP) is 4.96. The van der Waals surface area contributed by atoms with Crippen LogP contribution in [-0.4, -0.2) is 19.7 Å². The van der Waals surface area contributed by atoms with Crippen molar-refractivity contribution >= 4 is 17.4 Å². The zero-order valence-corrected chi connectivity index (χ0v) is 18.9. The fourth-order valence-electron chi connectivity index (χ4n) is 3.64. The summed E-state index contributed by atoms with van der Waals surface area (Å²) in [4.78, 5) is 10.7. The molecule has 4 rings (SSSR count). The summed E-state index contributed by atoms with van der Waals surface area (Å²) in [7, 11) is 0. The highest BCUT2D eigenvalue weighted by atomic mass is 32.2. The monoisotopic (exact) mass is 459 g/mol. The van der Waals surface area contributed by atoms with Crippen molar-refractivity contribution < 1.29 is 4.92 Å². The Morgan fingerprint density at radius 3 is 2.27 bits per heavy atom. The zero-order valence-electron chi connectivity index (χ0n) is 18.1. The SMILES string of the molecule is N[C@@H](Cc1ccccc1)c1nnc(SCc2cccc([N+](=O)[O-])c2)n1CCc1ccccc1. The van der Waals surface area contributed by atoms with Crippen LogP contribution < -0.4 is 5.73 Å². The van der Waals surface area contributed by atoms with Gasteiger partial charge in [0.2, 0.25) is 0 Å². The van der Waals surface area contributed by atoms with Gasteiger partial charge in [-0.1, -0.05) is 84.6 Å². The molecule has 0 spiro atoms. The summed E-state index contributed by atoms with van der Waals surface area (Å²) in [6, 6.07) is 26.8. The van der Waals surface area contributed by atoms with Crippen molar-refractivity contribution in [3.8, 4) is 0 Å². The van der Waals surface area contributed by atoms with Gasteiger partial charge >= 0.3 is 0 Å². The standard InChI is InChI=1S/C25H25N5O2S/c26-23(17-20-10-5-2-6-11-20)24-27-28-25(29(24)15-14-19-8-3-1-4-9-19)33-18-21-12-7-13-22(16-21)30(31)32/h1-13,16,23H,14-15,17-18,26H2/t23-/m0/s1. The van der Waals surface area contributed by atoms with E-state index in [9.17, 15) is 10.1 Å². The Kier molecular flexibility index (Phi) is 7.49. The summed E-state index contributed by atoms with van der Waals surface area (Å²) in [5.74, 6) is 1.30. The summed E-state index contributed by atoms with van der Waals surface area (Å²) in [6.07, 6.45) is 1.49. The number of non-ortho nitro benzene ring substituents is 1. The van der Waals surface area contributed by atoms with Crippen LogP contribution >= 0.6 is 11.8 Å². The van der Waals surface area contributed by atoms with Crippen molar-refractivity contribution in [3.05, 3.63) is 118 Å². The van der Waals surface area contributed by atoms with Crippen molar-refractivity contribution in [1.82, 2.24) is 14.8 Å². The first-order valence-electron chi connectivity index (χ1n) is 10.7. The fourth-order valence-corrected chi connectivity index (χ4v) is 4.56. The number of nitro groups is 1. The Morgan fingerprint density at radius 1 is 0.909 bits per heavy atom. The number of benzene rings is 3. The van der Waals surface area contributed by atoms with Crippen LogP contribution in [0.1, 0.15) is 28.6 Å². The van der Waals surface area contributed by atoms with Crippen LogP contribution in [0, 0.1) is 10.1 Å². The third kappa shape index (κ3) is 6.06. The first-order valence-corrected chi connectivity index (χ1v) is 11.7. The number of aryl methyl sites for hydroxylation is 1. The van der Waals surface area contributed by atoms with Gasteiger partial charge in [-0.15, -0.1) is 10.2 Å². The zero-order chi connectivity index (χ0) is 23.0. The molecule has 0 bridgehead atoms. The highest BCUT2D eigenvalue weighted by Crippen LogP contribution is 2.26. The minimum Gasteiger partial charge on any atom is -0.321 e. The molecule has 0 aliphatic carbocycles.